The van der Waals surface area contributed by atoms with Crippen LogP contribution in [0.2, 0.25) is 0 Å². The van der Waals surface area contributed by atoms with Gasteiger partial charge < -0.3 is 93.0 Å². The summed E-state index contributed by atoms with van der Waals surface area (Å²) in [6, 6.07) is 12.5. The molecule has 1 heterocycles. The average molecular weight is 1320 g/mol. The number of carboxylic acid groups (broad SMARTS) is 5. The second kappa shape index (κ2) is 42.9. The smallest absolute Gasteiger partial charge is 0.430 e. The van der Waals surface area contributed by atoms with Crippen LogP contribution in [0.25, 0.3) is 0 Å². The Kier molecular flexibility index (Phi) is 40.1. The molecular formula is C53H76F12N10O15. The number of nitrogens with two attached hydrogens (primary N) is 3. The number of hydrogen-bond acceptors (Lipinski definition) is 15. The molecule has 0 bridgehead atoms. The van der Waals surface area contributed by atoms with Crippen LogP contribution < -0.4 is 68.7 Å². The largest absolute Gasteiger partial charge is 0.542 e. The second-order valence-corrected chi connectivity index (χ2v) is 20.2. The monoisotopic (exact) mass is 1320 g/mol. The molecule has 3 rings (SSSR count). The van der Waals surface area contributed by atoms with Gasteiger partial charge in [0.05, 0.1) is 26.2 Å². The van der Waals surface area contributed by atoms with E-state index in [9.17, 15) is 86.6 Å². The summed E-state index contributed by atoms with van der Waals surface area (Å²) >= 11 is 0. The molecule has 1 aliphatic heterocycles. The zero-order valence-corrected chi connectivity index (χ0v) is 49.2. The van der Waals surface area contributed by atoms with Crippen molar-refractivity contribution in [1.29, 1.82) is 0 Å². The Balaban J connectivity index is 0. The minimum atomic E-state index is -5.19. The fraction of sp³-hybridized carbons (Fsp3) is 0.585. The Morgan fingerprint density at radius 2 is 0.844 bits per heavy atom. The van der Waals surface area contributed by atoms with Crippen LogP contribution in [-0.2, 0) is 60.8 Å². The molecule has 0 spiro atoms. The first-order valence-electron chi connectivity index (χ1n) is 27.5. The molecule has 0 aliphatic carbocycles. The lowest BCUT2D eigenvalue weighted by Gasteiger charge is -2.29. The van der Waals surface area contributed by atoms with Crippen LogP contribution in [0.15, 0.2) is 60.7 Å². The van der Waals surface area contributed by atoms with Crippen molar-refractivity contribution in [3.8, 4) is 0 Å². The second-order valence-electron chi connectivity index (χ2n) is 20.2. The van der Waals surface area contributed by atoms with E-state index in [0.29, 0.717) is 19.4 Å². The van der Waals surface area contributed by atoms with Gasteiger partial charge in [-0.2, -0.15) is 52.7 Å². The van der Waals surface area contributed by atoms with Gasteiger partial charge in [-0.3, -0.25) is 28.9 Å². The van der Waals surface area contributed by atoms with Crippen molar-refractivity contribution in [2.24, 2.45) is 11.8 Å². The van der Waals surface area contributed by atoms with Gasteiger partial charge >= 0.3 is 30.7 Å². The van der Waals surface area contributed by atoms with Gasteiger partial charge in [0.1, 0.15) is 80.3 Å². The Morgan fingerprint density at radius 3 is 1.20 bits per heavy atom. The van der Waals surface area contributed by atoms with E-state index in [2.05, 4.69) is 53.2 Å². The number of carboxylic acids is 5. The third-order valence-electron chi connectivity index (χ3n) is 11.8. The third-order valence-corrected chi connectivity index (χ3v) is 11.8. The first-order chi connectivity index (χ1) is 41.5. The minimum absolute atomic E-state index is 0.0194. The SMILES string of the molecule is CC(C)C[C@H](NC(=O)[C@H](CCCC[NH3+])NC(=O)CN1CC[NH2+]CC[NH2+]CC[NH2+]CC1)C(=O)N[C@H](C(=O)N[C@@H](Cc1ccccc1)C(=O)N[C@@H](Cc1ccccc1)C(=O)O)C(C)C.O=C([O-])C(F)(F)F.O=C([O-])C(F)(F)F.O=C([O-])C(F)(F)F.O=C([O-])C(F)(F)F. The number of aliphatic carboxylic acids is 5. The summed E-state index contributed by atoms with van der Waals surface area (Å²) in [6.07, 6.45) is -18.6. The molecule has 0 saturated carbocycles. The van der Waals surface area contributed by atoms with Crippen molar-refractivity contribution in [2.75, 3.05) is 65.4 Å². The number of alkyl halides is 12. The highest BCUT2D eigenvalue weighted by atomic mass is 19.4. The predicted octanol–water partition coefficient (Wildman–Crippen LogP) is -6.71. The van der Waals surface area contributed by atoms with Crippen LogP contribution in [-0.4, -0.2) is 190 Å². The molecule has 2 aromatic rings. The maximum atomic E-state index is 14.1. The number of halogens is 12. The Hall–Kier alpha value is -7.90. The average Bonchev–Trinajstić information content (AvgIpc) is 1.83. The molecule has 5 atom stereocenters. The molecule has 512 valence electrons. The molecule has 90 heavy (non-hydrogen) atoms. The van der Waals surface area contributed by atoms with E-state index in [1.165, 1.54) is 0 Å². The van der Waals surface area contributed by atoms with Gasteiger partial charge in [0.15, 0.2) is 0 Å². The number of rotatable bonds is 23. The number of carbonyl (C=O) groups is 10. The van der Waals surface area contributed by atoms with Gasteiger partial charge in [-0.1, -0.05) is 88.4 Å². The van der Waals surface area contributed by atoms with E-state index < -0.39 is 114 Å². The van der Waals surface area contributed by atoms with Crippen LogP contribution in [0.3, 0.4) is 0 Å². The number of unbranched alkanes of at least 4 members (excludes halogenated alkanes) is 1. The number of hydrogen-bond donors (Lipinski definition) is 10. The Morgan fingerprint density at radius 1 is 0.500 bits per heavy atom. The molecule has 25 nitrogen and oxygen atoms in total. The molecule has 1 saturated heterocycles. The number of nitrogens with one attached hydrogen (secondary N) is 5. The molecule has 5 amide bonds. The van der Waals surface area contributed by atoms with Crippen molar-refractivity contribution in [3.05, 3.63) is 71.8 Å². The highest BCUT2D eigenvalue weighted by Crippen LogP contribution is 2.15. The van der Waals surface area contributed by atoms with E-state index in [0.717, 1.165) is 69.9 Å². The molecule has 37 heteroatoms. The summed E-state index contributed by atoms with van der Waals surface area (Å²) in [6.45, 7) is 15.6. The highest BCUT2D eigenvalue weighted by molar-refractivity contribution is 5.96. The Bertz CT molecular complexity index is 2410. The van der Waals surface area contributed by atoms with Crippen LogP contribution in [0.4, 0.5) is 52.7 Å². The number of nitrogens with zero attached hydrogens (tertiary/aromatic N) is 1. The first kappa shape index (κ1) is 84.2. The molecule has 0 unspecified atom stereocenters. The summed E-state index contributed by atoms with van der Waals surface area (Å²) in [4.78, 5) is 119. The predicted molar refractivity (Wildman–Crippen MR) is 279 cm³/mol. The standard InChI is InChI=1S/C45H72N10O7.4C2HF3O2/c1-31(2)27-36(51-41(57)35(17-11-12-18-46)50-39(56)30-55-25-23-48-21-19-47-20-22-49-24-26-55)43(59)54-40(32(3)4)44(60)52-37(28-33-13-7-5-8-14-33)42(58)53-38(45(61)62)29-34-15-9-6-10-16-34;4*3-2(4,5)1(6)7/h5-10,13-16,31-32,35-38,40,47-49H,11-12,17-30,46H2,1-4H3,(H,50,56)(H,51,57)(H,52,60)(H,53,58)(H,54,59)(H,61,62);4*(H,6,7)/t35-,36-,37-,38-,40-;;;;/m0..../s1. The van der Waals surface area contributed by atoms with Crippen molar-refractivity contribution >= 4 is 59.4 Å². The normalized spacial score (nSPS) is 15.0. The number of benzene rings is 2. The highest BCUT2D eigenvalue weighted by Gasteiger charge is 2.35. The van der Waals surface area contributed by atoms with Gasteiger partial charge in [0, 0.05) is 25.9 Å². The van der Waals surface area contributed by atoms with E-state index in [1.807, 2.05) is 26.0 Å². The fourth-order valence-corrected chi connectivity index (χ4v) is 7.37. The van der Waals surface area contributed by atoms with Crippen LogP contribution in [0, 0.1) is 11.8 Å². The van der Waals surface area contributed by atoms with Crippen molar-refractivity contribution in [3.63, 3.8) is 0 Å². The zero-order chi connectivity index (χ0) is 69.6. The summed E-state index contributed by atoms with van der Waals surface area (Å²) in [5, 5.41) is 66.1. The maximum Gasteiger partial charge on any atom is 0.430 e. The zero-order valence-electron chi connectivity index (χ0n) is 49.2. The van der Waals surface area contributed by atoms with Gasteiger partial charge in [-0.05, 0) is 48.6 Å². The number of carbonyl (C=O) groups excluding carboxylic acids is 9. The number of quaternary nitrogens is 4. The van der Waals surface area contributed by atoms with Gasteiger partial charge in [-0.15, -0.1) is 0 Å². The van der Waals surface area contributed by atoms with Crippen molar-refractivity contribution in [2.45, 2.75) is 121 Å². The third kappa shape index (κ3) is 40.6. The quantitative estimate of drug-likeness (QED) is 0.0365. The summed E-state index contributed by atoms with van der Waals surface area (Å²) in [5.74, 6) is -16.3. The van der Waals surface area contributed by atoms with Gasteiger partial charge in [0.25, 0.3) is 0 Å². The Labute approximate surface area is 508 Å². The summed E-state index contributed by atoms with van der Waals surface area (Å²) in [5.41, 5.74) is 5.37. The summed E-state index contributed by atoms with van der Waals surface area (Å²) < 4.78 is 126. The molecule has 2 aromatic carbocycles. The minimum Gasteiger partial charge on any atom is -0.542 e. The maximum absolute atomic E-state index is 14.1. The first-order valence-corrected chi connectivity index (χ1v) is 27.5. The van der Waals surface area contributed by atoms with Crippen LogP contribution in [0.5, 0.6) is 0 Å². The molecule has 15 N–H and O–H groups in total. The lowest BCUT2D eigenvalue weighted by Crippen LogP contribution is -2.99. The molecule has 1 aliphatic rings. The topological polar surface area (TPSA) is 424 Å². The lowest BCUT2D eigenvalue weighted by atomic mass is 9.98. The van der Waals surface area contributed by atoms with E-state index in [-0.39, 0.29) is 37.6 Å². The fourth-order valence-electron chi connectivity index (χ4n) is 7.37. The van der Waals surface area contributed by atoms with Gasteiger partial charge in [0.2, 0.25) is 29.5 Å². The summed E-state index contributed by atoms with van der Waals surface area (Å²) in [7, 11) is 0. The molecular weight excluding hydrogens is 1240 g/mol. The van der Waals surface area contributed by atoms with Crippen molar-refractivity contribution in [1.82, 2.24) is 31.5 Å². The van der Waals surface area contributed by atoms with E-state index in [4.69, 9.17) is 39.6 Å². The van der Waals surface area contributed by atoms with Gasteiger partial charge in [-0.25, -0.2) is 4.79 Å². The molecule has 1 fully saturated rings. The van der Waals surface area contributed by atoms with Crippen molar-refractivity contribution < 1.29 is 148 Å². The number of amides is 5. The van der Waals surface area contributed by atoms with E-state index in [1.54, 1.807) is 62.4 Å². The molecule has 0 radical (unpaired) electrons. The van der Waals surface area contributed by atoms with Crippen LogP contribution in [0.1, 0.15) is 64.5 Å². The van der Waals surface area contributed by atoms with E-state index >= 15 is 0 Å². The lowest BCUT2D eigenvalue weighted by molar-refractivity contribution is -0.751. The van der Waals surface area contributed by atoms with Crippen LogP contribution >= 0.6 is 0 Å². The molecule has 0 aromatic heterocycles.